The van der Waals surface area contributed by atoms with Crippen LogP contribution < -0.4 is 4.90 Å². The molecule has 1 aromatic heterocycles. The molecule has 3 rings (SSSR count). The minimum atomic E-state index is -3.68. The highest BCUT2D eigenvalue weighted by Crippen LogP contribution is 2.33. The molecule has 0 atom stereocenters. The Labute approximate surface area is 174 Å². The second-order valence-corrected chi connectivity index (χ2v) is 10.3. The van der Waals surface area contributed by atoms with Gasteiger partial charge in [0.05, 0.1) is 21.2 Å². The van der Waals surface area contributed by atoms with Crippen molar-refractivity contribution in [1.82, 2.24) is 9.29 Å². The fourth-order valence-electron chi connectivity index (χ4n) is 3.02. The minimum absolute atomic E-state index is 0.0160. The Morgan fingerprint density at radius 2 is 2.04 bits per heavy atom. The predicted octanol–water partition coefficient (Wildman–Crippen LogP) is 3.76. The van der Waals surface area contributed by atoms with E-state index in [0.717, 1.165) is 35.7 Å². The summed E-state index contributed by atoms with van der Waals surface area (Å²) < 4.78 is 26.0. The Bertz CT molecular complexity index is 992. The molecule has 0 saturated heterocycles. The number of hydrogen-bond acceptors (Lipinski definition) is 5. The van der Waals surface area contributed by atoms with Crippen molar-refractivity contribution in [3.05, 3.63) is 52.0 Å². The first-order valence-corrected chi connectivity index (χ1v) is 11.5. The zero-order valence-corrected chi connectivity index (χ0v) is 18.2. The molecule has 1 heterocycles. The minimum Gasteiger partial charge on any atom is -0.280 e. The number of nitrogens with zero attached hydrogens (tertiary/aromatic N) is 3. The van der Waals surface area contributed by atoms with Gasteiger partial charge >= 0.3 is 0 Å². The highest BCUT2D eigenvalue weighted by Gasteiger charge is 2.27. The van der Waals surface area contributed by atoms with Gasteiger partial charge in [-0.15, -0.1) is 17.9 Å². The maximum absolute atomic E-state index is 13.3. The van der Waals surface area contributed by atoms with Gasteiger partial charge in [-0.25, -0.2) is 17.7 Å². The van der Waals surface area contributed by atoms with Crippen LogP contribution in [0.2, 0.25) is 5.02 Å². The lowest BCUT2D eigenvalue weighted by Crippen LogP contribution is -2.31. The van der Waals surface area contributed by atoms with Crippen molar-refractivity contribution >= 4 is 44.0 Å². The van der Waals surface area contributed by atoms with Crippen LogP contribution in [0.15, 0.2) is 35.7 Å². The van der Waals surface area contributed by atoms with E-state index in [9.17, 15) is 13.2 Å². The maximum atomic E-state index is 13.3. The Hall–Kier alpha value is -1.74. The Morgan fingerprint density at radius 1 is 1.32 bits per heavy atom. The van der Waals surface area contributed by atoms with Gasteiger partial charge in [0.25, 0.3) is 5.91 Å². The van der Waals surface area contributed by atoms with Crippen molar-refractivity contribution in [3.63, 3.8) is 0 Å². The first-order chi connectivity index (χ1) is 13.3. The third-order valence-corrected chi connectivity index (χ3v) is 7.89. The molecule has 0 radical (unpaired) electrons. The fraction of sp³-hybridized carbons (Fsp3) is 0.368. The maximum Gasteiger partial charge on any atom is 0.261 e. The number of aromatic nitrogens is 1. The topological polar surface area (TPSA) is 70.6 Å². The lowest BCUT2D eigenvalue weighted by atomic mass is 10.0. The molecular weight excluding hydrogens is 418 g/mol. The predicted molar refractivity (Wildman–Crippen MR) is 113 cm³/mol. The first kappa shape index (κ1) is 21.0. The molecule has 0 unspecified atom stereocenters. The van der Waals surface area contributed by atoms with E-state index in [4.69, 9.17) is 11.6 Å². The SMILES string of the molecule is C=CCN(C(=O)c1cc(S(=O)(=O)N(C)C)ccc1Cl)c1nc2c(s1)CCCC2. The summed E-state index contributed by atoms with van der Waals surface area (Å²) in [4.78, 5) is 20.6. The van der Waals surface area contributed by atoms with E-state index in [1.807, 2.05) is 0 Å². The normalized spacial score (nSPS) is 14.0. The smallest absolute Gasteiger partial charge is 0.261 e. The standard InChI is InChI=1S/C19H22ClN3O3S2/c1-4-11-23(19-21-16-7-5-6-8-17(16)27-19)18(24)14-12-13(9-10-15(14)20)28(25,26)22(2)3/h4,9-10,12H,1,5-8,11H2,2-3H3. The number of hydrogen-bond donors (Lipinski definition) is 0. The molecule has 0 bridgehead atoms. The number of thiazole rings is 1. The van der Waals surface area contributed by atoms with E-state index >= 15 is 0 Å². The molecule has 0 N–H and O–H groups in total. The van der Waals surface area contributed by atoms with Crippen LogP contribution in [0.25, 0.3) is 0 Å². The molecule has 1 aliphatic rings. The quantitative estimate of drug-likeness (QED) is 0.642. The van der Waals surface area contributed by atoms with E-state index < -0.39 is 15.9 Å². The van der Waals surface area contributed by atoms with Crippen molar-refractivity contribution < 1.29 is 13.2 Å². The molecule has 28 heavy (non-hydrogen) atoms. The summed E-state index contributed by atoms with van der Waals surface area (Å²) in [5, 5.41) is 0.784. The van der Waals surface area contributed by atoms with Crippen LogP contribution in [-0.2, 0) is 22.9 Å². The molecule has 0 saturated carbocycles. The highest BCUT2D eigenvalue weighted by molar-refractivity contribution is 7.89. The number of fused-ring (bicyclic) bond motifs is 1. The van der Waals surface area contributed by atoms with Gasteiger partial charge < -0.3 is 0 Å². The number of anilines is 1. The van der Waals surface area contributed by atoms with Crippen LogP contribution in [0.5, 0.6) is 0 Å². The largest absolute Gasteiger partial charge is 0.280 e. The third kappa shape index (κ3) is 4.00. The molecule has 2 aromatic rings. The number of carbonyl (C=O) groups is 1. The van der Waals surface area contributed by atoms with E-state index in [2.05, 4.69) is 11.6 Å². The van der Waals surface area contributed by atoms with Crippen molar-refractivity contribution in [3.8, 4) is 0 Å². The molecule has 9 heteroatoms. The van der Waals surface area contributed by atoms with Crippen LogP contribution >= 0.6 is 22.9 Å². The summed E-state index contributed by atoms with van der Waals surface area (Å²) in [6.07, 6.45) is 5.73. The van der Waals surface area contributed by atoms with Gasteiger partial charge in [0.1, 0.15) is 0 Å². The van der Waals surface area contributed by atoms with E-state index in [1.54, 1.807) is 6.08 Å². The van der Waals surface area contributed by atoms with Crippen molar-refractivity contribution in [2.75, 3.05) is 25.5 Å². The molecule has 0 fully saturated rings. The Morgan fingerprint density at radius 3 is 2.68 bits per heavy atom. The summed E-state index contributed by atoms with van der Waals surface area (Å²) in [6, 6.07) is 4.15. The number of aryl methyl sites for hydroxylation is 2. The Kier molecular flexibility index (Phi) is 6.24. The van der Waals surface area contributed by atoms with Crippen LogP contribution in [-0.4, -0.2) is 44.3 Å². The second-order valence-electron chi connectivity index (χ2n) is 6.71. The van der Waals surface area contributed by atoms with Crippen LogP contribution in [0.3, 0.4) is 0 Å². The van der Waals surface area contributed by atoms with E-state index in [1.165, 1.54) is 53.4 Å². The average molecular weight is 440 g/mol. The molecule has 1 aliphatic carbocycles. The average Bonchev–Trinajstić information content (AvgIpc) is 3.09. The number of amides is 1. The molecule has 0 spiro atoms. The number of halogens is 1. The van der Waals surface area contributed by atoms with Crippen LogP contribution in [0, 0.1) is 0 Å². The van der Waals surface area contributed by atoms with Gasteiger partial charge in [0.2, 0.25) is 10.0 Å². The number of benzene rings is 1. The molecule has 1 aromatic carbocycles. The zero-order valence-electron chi connectivity index (χ0n) is 15.8. The summed E-state index contributed by atoms with van der Waals surface area (Å²) >= 11 is 7.76. The van der Waals surface area contributed by atoms with Crippen LogP contribution in [0.4, 0.5) is 5.13 Å². The van der Waals surface area contributed by atoms with Crippen molar-refractivity contribution in [1.29, 1.82) is 0 Å². The van der Waals surface area contributed by atoms with Gasteiger partial charge in [-0.05, 0) is 43.9 Å². The third-order valence-electron chi connectivity index (χ3n) is 4.57. The first-order valence-electron chi connectivity index (χ1n) is 8.89. The number of rotatable bonds is 6. The van der Waals surface area contributed by atoms with E-state index in [-0.39, 0.29) is 22.0 Å². The summed E-state index contributed by atoms with van der Waals surface area (Å²) in [5.74, 6) is -0.396. The van der Waals surface area contributed by atoms with Crippen molar-refractivity contribution in [2.45, 2.75) is 30.6 Å². The van der Waals surface area contributed by atoms with Gasteiger partial charge in [0, 0.05) is 25.5 Å². The fourth-order valence-corrected chi connectivity index (χ4v) is 5.30. The summed E-state index contributed by atoms with van der Waals surface area (Å²) in [5.41, 5.74) is 1.17. The van der Waals surface area contributed by atoms with Crippen LogP contribution in [0.1, 0.15) is 33.8 Å². The van der Waals surface area contributed by atoms with E-state index in [0.29, 0.717) is 5.13 Å². The molecule has 0 aliphatic heterocycles. The molecule has 150 valence electrons. The second kappa shape index (κ2) is 8.32. The lowest BCUT2D eigenvalue weighted by molar-refractivity contribution is 0.0989. The molecule has 1 amide bonds. The highest BCUT2D eigenvalue weighted by atomic mass is 35.5. The monoisotopic (exact) mass is 439 g/mol. The number of sulfonamides is 1. The number of carbonyl (C=O) groups excluding carboxylic acids is 1. The van der Waals surface area contributed by atoms with Gasteiger partial charge in [0.15, 0.2) is 5.13 Å². The van der Waals surface area contributed by atoms with Gasteiger partial charge in [-0.1, -0.05) is 17.7 Å². The van der Waals surface area contributed by atoms with Crippen molar-refractivity contribution in [2.24, 2.45) is 0 Å². The molecule has 6 nitrogen and oxygen atoms in total. The molecular formula is C19H22ClN3O3S2. The summed E-state index contributed by atoms with van der Waals surface area (Å²) in [6.45, 7) is 3.99. The van der Waals surface area contributed by atoms with Gasteiger partial charge in [-0.2, -0.15) is 0 Å². The Balaban J connectivity index is 2.02. The lowest BCUT2D eigenvalue weighted by Gasteiger charge is -2.20. The van der Waals surface area contributed by atoms with Gasteiger partial charge in [-0.3, -0.25) is 9.69 Å². The zero-order chi connectivity index (χ0) is 20.5. The summed E-state index contributed by atoms with van der Waals surface area (Å²) in [7, 11) is -0.804.